The fourth-order valence-corrected chi connectivity index (χ4v) is 2.65. The zero-order chi connectivity index (χ0) is 15.6. The molecule has 3 nitrogen and oxygen atoms in total. The number of nitrogens with two attached hydrogens (primary N) is 1. The van der Waals surface area contributed by atoms with Gasteiger partial charge < -0.3 is 10.6 Å². The molecular weight excluding hydrogens is 327 g/mol. The minimum atomic E-state index is -0.247. The SMILES string of the molecule is CN(C(=O)c1cc(Cl)cc(Cl)c1)c1ccccc1C(N)=S. The highest BCUT2D eigenvalue weighted by Gasteiger charge is 2.18. The van der Waals surface area contributed by atoms with Gasteiger partial charge in [0.25, 0.3) is 5.91 Å². The van der Waals surface area contributed by atoms with Crippen LogP contribution < -0.4 is 10.6 Å². The Kier molecular flexibility index (Phi) is 4.83. The number of anilines is 1. The molecule has 0 saturated carbocycles. The van der Waals surface area contributed by atoms with E-state index < -0.39 is 0 Å². The number of halogens is 2. The van der Waals surface area contributed by atoms with Gasteiger partial charge in [-0.2, -0.15) is 0 Å². The van der Waals surface area contributed by atoms with Gasteiger partial charge in [-0.15, -0.1) is 0 Å². The molecule has 2 aromatic carbocycles. The van der Waals surface area contributed by atoms with E-state index in [9.17, 15) is 4.79 Å². The molecule has 0 radical (unpaired) electrons. The van der Waals surface area contributed by atoms with Crippen molar-refractivity contribution in [3.05, 3.63) is 63.6 Å². The van der Waals surface area contributed by atoms with Gasteiger partial charge in [0.05, 0.1) is 5.69 Å². The number of amides is 1. The number of hydrogen-bond donors (Lipinski definition) is 1. The minimum absolute atomic E-state index is 0.231. The number of carbonyl (C=O) groups excluding carboxylic acids is 1. The van der Waals surface area contributed by atoms with E-state index in [0.29, 0.717) is 26.9 Å². The van der Waals surface area contributed by atoms with Crippen LogP contribution in [-0.4, -0.2) is 17.9 Å². The number of rotatable bonds is 3. The van der Waals surface area contributed by atoms with Gasteiger partial charge in [0, 0.05) is 28.2 Å². The maximum Gasteiger partial charge on any atom is 0.258 e. The van der Waals surface area contributed by atoms with Gasteiger partial charge in [-0.25, -0.2) is 0 Å². The highest BCUT2D eigenvalue weighted by molar-refractivity contribution is 7.80. The smallest absolute Gasteiger partial charge is 0.258 e. The maximum atomic E-state index is 12.5. The molecule has 0 atom stereocenters. The first-order valence-electron chi connectivity index (χ1n) is 6.03. The quantitative estimate of drug-likeness (QED) is 0.863. The summed E-state index contributed by atoms with van der Waals surface area (Å²) in [5, 5.41) is 0.809. The Labute approximate surface area is 138 Å². The molecular formula is C15H12Cl2N2OS. The molecule has 0 unspecified atom stereocenters. The van der Waals surface area contributed by atoms with Gasteiger partial charge in [-0.05, 0) is 30.3 Å². The number of carbonyl (C=O) groups is 1. The third kappa shape index (κ3) is 3.53. The predicted octanol–water partition coefficient (Wildman–Crippen LogP) is 3.90. The number of para-hydroxylation sites is 1. The minimum Gasteiger partial charge on any atom is -0.389 e. The number of thiocarbonyl (C=S) groups is 1. The molecule has 1 amide bonds. The fraction of sp³-hybridized carbons (Fsp3) is 0.0667. The highest BCUT2D eigenvalue weighted by atomic mass is 35.5. The third-order valence-electron chi connectivity index (χ3n) is 2.95. The average molecular weight is 339 g/mol. The molecule has 0 aliphatic heterocycles. The first kappa shape index (κ1) is 15.8. The van der Waals surface area contributed by atoms with E-state index in [1.165, 1.54) is 4.90 Å². The summed E-state index contributed by atoms with van der Waals surface area (Å²) in [6.45, 7) is 0. The summed E-state index contributed by atoms with van der Waals surface area (Å²) in [6, 6.07) is 11.9. The topological polar surface area (TPSA) is 46.3 Å². The Morgan fingerprint density at radius 2 is 1.71 bits per heavy atom. The fourth-order valence-electron chi connectivity index (χ4n) is 1.95. The average Bonchev–Trinajstić information content (AvgIpc) is 2.44. The van der Waals surface area contributed by atoms with Crippen molar-refractivity contribution in [2.75, 3.05) is 11.9 Å². The molecule has 0 aromatic heterocycles. The van der Waals surface area contributed by atoms with Crippen molar-refractivity contribution in [3.63, 3.8) is 0 Å². The van der Waals surface area contributed by atoms with Crippen LogP contribution in [0, 0.1) is 0 Å². The molecule has 0 saturated heterocycles. The van der Waals surface area contributed by atoms with Gasteiger partial charge >= 0.3 is 0 Å². The molecule has 0 heterocycles. The van der Waals surface area contributed by atoms with E-state index in [1.54, 1.807) is 37.4 Å². The molecule has 108 valence electrons. The summed E-state index contributed by atoms with van der Waals surface area (Å²) in [5.74, 6) is -0.247. The monoisotopic (exact) mass is 338 g/mol. The lowest BCUT2D eigenvalue weighted by Crippen LogP contribution is -2.28. The van der Waals surface area contributed by atoms with Gasteiger partial charge in [-0.1, -0.05) is 47.6 Å². The second-order valence-electron chi connectivity index (χ2n) is 4.40. The van der Waals surface area contributed by atoms with Crippen LogP contribution in [0.3, 0.4) is 0 Å². The summed E-state index contributed by atoms with van der Waals surface area (Å²) < 4.78 is 0. The van der Waals surface area contributed by atoms with Crippen molar-refractivity contribution in [1.29, 1.82) is 0 Å². The zero-order valence-corrected chi connectivity index (χ0v) is 13.5. The van der Waals surface area contributed by atoms with Crippen molar-refractivity contribution < 1.29 is 4.79 Å². The lowest BCUT2D eigenvalue weighted by atomic mass is 10.1. The Morgan fingerprint density at radius 1 is 1.14 bits per heavy atom. The molecule has 0 aliphatic rings. The molecule has 2 aromatic rings. The van der Waals surface area contributed by atoms with Crippen LogP contribution in [0.1, 0.15) is 15.9 Å². The molecule has 0 bridgehead atoms. The van der Waals surface area contributed by atoms with Crippen molar-refractivity contribution in [1.82, 2.24) is 0 Å². The molecule has 2 N–H and O–H groups in total. The van der Waals surface area contributed by atoms with Crippen LogP contribution in [0.25, 0.3) is 0 Å². The number of benzene rings is 2. The summed E-state index contributed by atoms with van der Waals surface area (Å²) in [5.41, 5.74) is 7.35. The summed E-state index contributed by atoms with van der Waals surface area (Å²) in [6.07, 6.45) is 0. The summed E-state index contributed by atoms with van der Waals surface area (Å²) in [7, 11) is 1.65. The summed E-state index contributed by atoms with van der Waals surface area (Å²) in [4.78, 5) is 14.2. The highest BCUT2D eigenvalue weighted by Crippen LogP contribution is 2.24. The van der Waals surface area contributed by atoms with E-state index in [0.717, 1.165) is 0 Å². The Bertz CT molecular complexity index is 698. The third-order valence-corrected chi connectivity index (χ3v) is 3.60. The lowest BCUT2D eigenvalue weighted by molar-refractivity contribution is 0.0993. The van der Waals surface area contributed by atoms with Crippen molar-refractivity contribution >= 4 is 52.0 Å². The van der Waals surface area contributed by atoms with Crippen LogP contribution in [0.15, 0.2) is 42.5 Å². The van der Waals surface area contributed by atoms with E-state index in [-0.39, 0.29) is 10.9 Å². The molecule has 2 rings (SSSR count). The van der Waals surface area contributed by atoms with E-state index in [2.05, 4.69) is 0 Å². The van der Waals surface area contributed by atoms with Gasteiger partial charge in [-0.3, -0.25) is 4.79 Å². The predicted molar refractivity (Wildman–Crippen MR) is 91.5 cm³/mol. The molecule has 0 fully saturated rings. The van der Waals surface area contributed by atoms with Crippen LogP contribution in [0.4, 0.5) is 5.69 Å². The normalized spacial score (nSPS) is 10.2. The lowest BCUT2D eigenvalue weighted by Gasteiger charge is -2.20. The van der Waals surface area contributed by atoms with Gasteiger partial charge in [0.1, 0.15) is 4.99 Å². The Hall–Kier alpha value is -1.62. The zero-order valence-electron chi connectivity index (χ0n) is 11.1. The van der Waals surface area contributed by atoms with Crippen molar-refractivity contribution in [2.24, 2.45) is 5.73 Å². The van der Waals surface area contributed by atoms with Gasteiger partial charge in [0.2, 0.25) is 0 Å². The standard InChI is InChI=1S/C15H12Cl2N2OS/c1-19(13-5-3-2-4-12(13)14(18)21)15(20)9-6-10(16)8-11(17)7-9/h2-8H,1H3,(H2,18,21). The van der Waals surface area contributed by atoms with Crippen molar-refractivity contribution in [3.8, 4) is 0 Å². The molecule has 0 aliphatic carbocycles. The van der Waals surface area contributed by atoms with Crippen LogP contribution in [0.2, 0.25) is 10.0 Å². The van der Waals surface area contributed by atoms with Crippen LogP contribution in [0.5, 0.6) is 0 Å². The van der Waals surface area contributed by atoms with Crippen LogP contribution in [-0.2, 0) is 0 Å². The molecule has 6 heteroatoms. The number of nitrogens with zero attached hydrogens (tertiary/aromatic N) is 1. The summed E-state index contributed by atoms with van der Waals surface area (Å²) >= 11 is 16.9. The van der Waals surface area contributed by atoms with E-state index in [4.69, 9.17) is 41.2 Å². The van der Waals surface area contributed by atoms with E-state index in [1.807, 2.05) is 12.1 Å². The van der Waals surface area contributed by atoms with Crippen LogP contribution >= 0.6 is 35.4 Å². The maximum absolute atomic E-state index is 12.5. The second kappa shape index (κ2) is 6.43. The largest absolute Gasteiger partial charge is 0.389 e. The van der Waals surface area contributed by atoms with Gasteiger partial charge in [0.15, 0.2) is 0 Å². The Morgan fingerprint density at radius 3 is 2.29 bits per heavy atom. The van der Waals surface area contributed by atoms with E-state index >= 15 is 0 Å². The van der Waals surface area contributed by atoms with Crippen molar-refractivity contribution in [2.45, 2.75) is 0 Å². The number of hydrogen-bond acceptors (Lipinski definition) is 2. The first-order chi connectivity index (χ1) is 9.90. The second-order valence-corrected chi connectivity index (χ2v) is 5.72. The first-order valence-corrected chi connectivity index (χ1v) is 7.19. The molecule has 21 heavy (non-hydrogen) atoms. The molecule has 0 spiro atoms. The Balaban J connectivity index is 2.42.